The predicted molar refractivity (Wildman–Crippen MR) is 73.1 cm³/mol. The highest BCUT2D eigenvalue weighted by atomic mass is 32.3. The second kappa shape index (κ2) is 7.91. The third-order valence-electron chi connectivity index (χ3n) is 3.07. The van der Waals surface area contributed by atoms with E-state index < -0.39 is 10.4 Å². The highest BCUT2D eigenvalue weighted by molar-refractivity contribution is 7.79. The molecule has 0 unspecified atom stereocenters. The van der Waals surface area contributed by atoms with E-state index in [4.69, 9.17) is 17.5 Å². The van der Waals surface area contributed by atoms with Gasteiger partial charge in [0, 0.05) is 24.2 Å². The second-order valence-corrected chi connectivity index (χ2v) is 5.36. The van der Waals surface area contributed by atoms with Crippen LogP contribution in [-0.4, -0.2) is 26.7 Å². The minimum absolute atomic E-state index is 1.27. The summed E-state index contributed by atoms with van der Waals surface area (Å²) < 4.78 is 42.4. The van der Waals surface area contributed by atoms with Gasteiger partial charge in [0.1, 0.15) is 24.8 Å². The predicted octanol–water partition coefficient (Wildman–Crippen LogP) is -1.02. The van der Waals surface area contributed by atoms with Crippen molar-refractivity contribution in [1.82, 2.24) is 9.13 Å². The van der Waals surface area contributed by atoms with Crippen molar-refractivity contribution in [3.05, 3.63) is 36.4 Å². The summed E-state index contributed by atoms with van der Waals surface area (Å²) in [5, 5.41) is 0. The molecule has 2 heterocycles. The molecule has 0 aliphatic heterocycles. The fraction of sp³-hybridized carbons (Fsp3) is 0.500. The largest absolute Gasteiger partial charge is 0.759 e. The zero-order chi connectivity index (χ0) is 16.8. The van der Waals surface area contributed by atoms with E-state index >= 15 is 0 Å². The summed E-state index contributed by atoms with van der Waals surface area (Å²) in [6.45, 7) is 4.17. The quantitative estimate of drug-likeness (QED) is 0.353. The van der Waals surface area contributed by atoms with Gasteiger partial charge in [-0.05, 0) is 0 Å². The summed E-state index contributed by atoms with van der Waals surface area (Å²) in [6.07, 6.45) is 8.15. The zero-order valence-electron chi connectivity index (χ0n) is 13.1. The molecule has 0 aliphatic rings. The third kappa shape index (κ3) is 8.23. The summed E-state index contributed by atoms with van der Waals surface area (Å²) >= 11 is 0. The molecule has 0 aromatic carbocycles. The van der Waals surface area contributed by atoms with Crippen molar-refractivity contribution in [2.24, 2.45) is 28.2 Å². The molecule has 0 atom stereocenters. The first-order valence-corrected chi connectivity index (χ1v) is 7.38. The Morgan fingerprint density at radius 1 is 0.905 bits per heavy atom. The number of nitrogens with zero attached hydrogens (tertiary/aromatic N) is 4. The Morgan fingerprint density at radius 3 is 1.19 bits per heavy atom. The number of hydrogen-bond acceptors (Lipinski definition) is 4. The molecule has 0 amide bonds. The number of imidazole rings is 2. The summed E-state index contributed by atoms with van der Waals surface area (Å²) in [6, 6.07) is 0. The molecule has 0 aliphatic carbocycles. The Labute approximate surface area is 125 Å². The van der Waals surface area contributed by atoms with Crippen LogP contribution < -0.4 is 9.13 Å². The highest BCUT2D eigenvalue weighted by Crippen LogP contribution is 1.84. The molecular formula is C12H22N4O4S. The van der Waals surface area contributed by atoms with Crippen LogP contribution >= 0.6 is 0 Å². The lowest BCUT2D eigenvalue weighted by molar-refractivity contribution is -0.677. The van der Waals surface area contributed by atoms with Crippen LogP contribution in [0.4, 0.5) is 0 Å². The van der Waals surface area contributed by atoms with Crippen molar-refractivity contribution in [3.63, 3.8) is 0 Å². The number of rotatable bonds is 0. The molecule has 0 fully saturated rings. The van der Waals surface area contributed by atoms with Gasteiger partial charge < -0.3 is 9.11 Å². The van der Waals surface area contributed by atoms with E-state index in [9.17, 15) is 0 Å². The van der Waals surface area contributed by atoms with Crippen LogP contribution in [0.5, 0.6) is 0 Å². The number of hydrogen-bond donors (Lipinski definition) is 0. The second-order valence-electron chi connectivity index (χ2n) is 4.54. The van der Waals surface area contributed by atoms with Gasteiger partial charge in [-0.25, -0.2) is 18.3 Å². The van der Waals surface area contributed by atoms with E-state index in [1.54, 1.807) is 0 Å². The van der Waals surface area contributed by atoms with Gasteiger partial charge in [-0.1, -0.05) is 0 Å². The molecule has 120 valence electrons. The summed E-state index contributed by atoms with van der Waals surface area (Å²) in [5.41, 5.74) is 0. The van der Waals surface area contributed by atoms with Gasteiger partial charge in [0.05, 0.1) is 28.2 Å². The summed E-state index contributed by atoms with van der Waals surface area (Å²) in [4.78, 5) is 0. The number of aromatic nitrogens is 4. The molecular weight excluding hydrogens is 296 g/mol. The van der Waals surface area contributed by atoms with Gasteiger partial charge in [-0.3, -0.25) is 8.42 Å². The van der Waals surface area contributed by atoms with Crippen LogP contribution in [0.1, 0.15) is 11.6 Å². The van der Waals surface area contributed by atoms with Crippen molar-refractivity contribution >= 4 is 10.4 Å². The lowest BCUT2D eigenvalue weighted by Gasteiger charge is -2.06. The molecule has 0 radical (unpaired) electrons. The van der Waals surface area contributed by atoms with Gasteiger partial charge in [0.2, 0.25) is 0 Å². The average Bonchev–Trinajstić information content (AvgIpc) is 2.79. The van der Waals surface area contributed by atoms with E-state index in [1.165, 1.54) is 11.6 Å². The Hall–Kier alpha value is -1.71. The maximum Gasteiger partial charge on any atom is 0.252 e. The monoisotopic (exact) mass is 318 g/mol. The Kier molecular flexibility index (Phi) is 7.27. The molecule has 2 rings (SSSR count). The molecule has 0 spiro atoms. The minimum Gasteiger partial charge on any atom is -0.759 e. The first-order chi connectivity index (χ1) is 9.43. The van der Waals surface area contributed by atoms with E-state index in [1.807, 2.05) is 53.0 Å². The maximum absolute atomic E-state index is 8.52. The SMILES string of the molecule is Cc1n(C)cc[n+]1C.Cc1n(C)cc[n+]1C.O=S(=O)([O-])[O-]. The molecule has 2 aromatic rings. The number of aryl methyl sites for hydroxylation is 4. The van der Waals surface area contributed by atoms with Gasteiger partial charge in [0.15, 0.2) is 0 Å². The molecule has 2 aromatic heterocycles. The molecule has 9 heteroatoms. The van der Waals surface area contributed by atoms with E-state index in [2.05, 4.69) is 32.1 Å². The highest BCUT2D eigenvalue weighted by Gasteiger charge is 2.01. The molecule has 0 saturated heterocycles. The van der Waals surface area contributed by atoms with Crippen LogP contribution in [0.2, 0.25) is 0 Å². The molecule has 0 N–H and O–H groups in total. The van der Waals surface area contributed by atoms with Gasteiger partial charge in [-0.15, -0.1) is 0 Å². The van der Waals surface area contributed by atoms with Crippen LogP contribution in [0.3, 0.4) is 0 Å². The molecule has 0 bridgehead atoms. The zero-order valence-corrected chi connectivity index (χ0v) is 14.0. The average molecular weight is 318 g/mol. The first kappa shape index (κ1) is 19.3. The molecule has 8 nitrogen and oxygen atoms in total. The Balaban J connectivity index is 0.000000296. The van der Waals surface area contributed by atoms with Crippen molar-refractivity contribution in [2.45, 2.75) is 13.8 Å². The normalized spacial score (nSPS) is 10.3. The minimum atomic E-state index is -5.17. The van der Waals surface area contributed by atoms with Crippen LogP contribution in [0.15, 0.2) is 24.8 Å². The fourth-order valence-corrected chi connectivity index (χ4v) is 1.33. The Morgan fingerprint density at radius 2 is 1.14 bits per heavy atom. The molecule has 0 saturated carbocycles. The lowest BCUT2D eigenvalue weighted by atomic mass is 10.7. The van der Waals surface area contributed by atoms with Crippen LogP contribution in [0, 0.1) is 13.8 Å². The standard InChI is InChI=1S/2C6H11N2.H2O4S/c2*1-6-7(2)4-5-8(6)3;1-5(2,3)4/h2*4-5H,1-3H3;(H2,1,2,3,4)/q2*+1;/p-2. The fourth-order valence-electron chi connectivity index (χ4n) is 1.33. The smallest absolute Gasteiger partial charge is 0.252 e. The first-order valence-electron chi connectivity index (χ1n) is 6.05. The van der Waals surface area contributed by atoms with E-state index in [0.29, 0.717) is 0 Å². The third-order valence-corrected chi connectivity index (χ3v) is 3.07. The summed E-state index contributed by atoms with van der Waals surface area (Å²) in [5.74, 6) is 2.54. The van der Waals surface area contributed by atoms with E-state index in [-0.39, 0.29) is 0 Å². The maximum atomic E-state index is 8.52. The summed E-state index contributed by atoms with van der Waals surface area (Å²) in [7, 11) is 2.98. The van der Waals surface area contributed by atoms with E-state index in [0.717, 1.165) is 0 Å². The van der Waals surface area contributed by atoms with Gasteiger partial charge in [-0.2, -0.15) is 0 Å². The van der Waals surface area contributed by atoms with Crippen molar-refractivity contribution in [2.75, 3.05) is 0 Å². The van der Waals surface area contributed by atoms with Crippen molar-refractivity contribution in [1.29, 1.82) is 0 Å². The van der Waals surface area contributed by atoms with Crippen LogP contribution in [-0.2, 0) is 38.6 Å². The molecule has 21 heavy (non-hydrogen) atoms. The Bertz CT molecular complexity index is 582. The van der Waals surface area contributed by atoms with Crippen molar-refractivity contribution < 1.29 is 26.7 Å². The van der Waals surface area contributed by atoms with Gasteiger partial charge in [0.25, 0.3) is 11.6 Å². The lowest BCUT2D eigenvalue weighted by Crippen LogP contribution is -2.29. The topological polar surface area (TPSA) is 97.9 Å². The van der Waals surface area contributed by atoms with Gasteiger partial charge >= 0.3 is 0 Å². The van der Waals surface area contributed by atoms with Crippen LogP contribution in [0.25, 0.3) is 0 Å². The van der Waals surface area contributed by atoms with Crippen molar-refractivity contribution in [3.8, 4) is 0 Å².